The SMILES string of the molecule is CC(C)Oc1cncc(-c2ccc(CN)o2)c1. The molecule has 0 saturated carbocycles. The van der Waals surface area contributed by atoms with Crippen molar-refractivity contribution < 1.29 is 9.15 Å². The Morgan fingerprint density at radius 2 is 2.18 bits per heavy atom. The van der Waals surface area contributed by atoms with Gasteiger partial charge in [-0.05, 0) is 32.0 Å². The summed E-state index contributed by atoms with van der Waals surface area (Å²) in [5.41, 5.74) is 6.39. The van der Waals surface area contributed by atoms with Crippen LogP contribution in [0.2, 0.25) is 0 Å². The van der Waals surface area contributed by atoms with Gasteiger partial charge in [0, 0.05) is 11.8 Å². The van der Waals surface area contributed by atoms with Gasteiger partial charge in [0.05, 0.1) is 18.8 Å². The zero-order chi connectivity index (χ0) is 12.3. The third-order valence-corrected chi connectivity index (χ3v) is 2.23. The number of furan rings is 1. The van der Waals surface area contributed by atoms with E-state index < -0.39 is 0 Å². The molecule has 2 aromatic rings. The number of nitrogens with two attached hydrogens (primary N) is 1. The molecule has 90 valence electrons. The van der Waals surface area contributed by atoms with E-state index in [-0.39, 0.29) is 6.10 Å². The van der Waals surface area contributed by atoms with Crippen LogP contribution in [0.3, 0.4) is 0 Å². The molecule has 0 atom stereocenters. The summed E-state index contributed by atoms with van der Waals surface area (Å²) in [6.45, 7) is 4.35. The quantitative estimate of drug-likeness (QED) is 0.880. The molecule has 2 heterocycles. The van der Waals surface area contributed by atoms with Gasteiger partial charge in [-0.15, -0.1) is 0 Å². The van der Waals surface area contributed by atoms with E-state index in [1.54, 1.807) is 12.4 Å². The summed E-state index contributed by atoms with van der Waals surface area (Å²) >= 11 is 0. The Morgan fingerprint density at radius 3 is 2.82 bits per heavy atom. The van der Waals surface area contributed by atoms with Gasteiger partial charge in [0.15, 0.2) is 0 Å². The molecule has 0 aliphatic rings. The molecule has 0 unspecified atom stereocenters. The van der Waals surface area contributed by atoms with E-state index in [1.807, 2.05) is 32.0 Å². The Kier molecular flexibility index (Phi) is 3.44. The molecule has 0 aliphatic carbocycles. The number of aromatic nitrogens is 1. The number of rotatable bonds is 4. The number of pyridine rings is 1. The van der Waals surface area contributed by atoms with Crippen molar-refractivity contribution in [3.05, 3.63) is 36.4 Å². The molecule has 0 bridgehead atoms. The van der Waals surface area contributed by atoms with Gasteiger partial charge in [-0.3, -0.25) is 4.98 Å². The maximum absolute atomic E-state index is 5.58. The molecule has 2 aromatic heterocycles. The highest BCUT2D eigenvalue weighted by Crippen LogP contribution is 2.24. The molecule has 0 radical (unpaired) electrons. The normalized spacial score (nSPS) is 10.8. The first-order chi connectivity index (χ1) is 8.19. The molecule has 17 heavy (non-hydrogen) atoms. The zero-order valence-corrected chi connectivity index (χ0v) is 10.0. The second-order valence-electron chi connectivity index (χ2n) is 4.05. The lowest BCUT2D eigenvalue weighted by Crippen LogP contribution is -2.05. The molecule has 0 aliphatic heterocycles. The van der Waals surface area contributed by atoms with E-state index in [0.29, 0.717) is 6.54 Å². The first kappa shape index (κ1) is 11.7. The summed E-state index contributed by atoms with van der Waals surface area (Å²) < 4.78 is 11.1. The number of hydrogen-bond donors (Lipinski definition) is 1. The van der Waals surface area contributed by atoms with E-state index in [0.717, 1.165) is 22.8 Å². The highest BCUT2D eigenvalue weighted by Gasteiger charge is 2.06. The minimum atomic E-state index is 0.128. The van der Waals surface area contributed by atoms with Crippen LogP contribution in [0.1, 0.15) is 19.6 Å². The van der Waals surface area contributed by atoms with E-state index in [9.17, 15) is 0 Å². The monoisotopic (exact) mass is 232 g/mol. The summed E-state index contributed by atoms with van der Waals surface area (Å²) in [5.74, 6) is 2.26. The molecule has 2 rings (SSSR count). The van der Waals surface area contributed by atoms with Crippen molar-refractivity contribution in [3.63, 3.8) is 0 Å². The van der Waals surface area contributed by atoms with Crippen molar-refractivity contribution in [2.24, 2.45) is 5.73 Å². The van der Waals surface area contributed by atoms with Crippen LogP contribution in [-0.4, -0.2) is 11.1 Å². The molecule has 4 heteroatoms. The van der Waals surface area contributed by atoms with Gasteiger partial charge in [-0.2, -0.15) is 0 Å². The Labute approximate surface area is 100 Å². The van der Waals surface area contributed by atoms with E-state index in [4.69, 9.17) is 14.9 Å². The van der Waals surface area contributed by atoms with Gasteiger partial charge in [-0.1, -0.05) is 0 Å². The summed E-state index contributed by atoms with van der Waals surface area (Å²) in [5, 5.41) is 0. The molecule has 2 N–H and O–H groups in total. The lowest BCUT2D eigenvalue weighted by atomic mass is 10.2. The Bertz CT molecular complexity index is 492. The van der Waals surface area contributed by atoms with Crippen molar-refractivity contribution in [1.82, 2.24) is 4.98 Å². The zero-order valence-electron chi connectivity index (χ0n) is 10.0. The highest BCUT2D eigenvalue weighted by atomic mass is 16.5. The molecule has 0 fully saturated rings. The number of hydrogen-bond acceptors (Lipinski definition) is 4. The van der Waals surface area contributed by atoms with Crippen molar-refractivity contribution in [2.75, 3.05) is 0 Å². The molecular weight excluding hydrogens is 216 g/mol. The fourth-order valence-corrected chi connectivity index (χ4v) is 1.53. The predicted octanol–water partition coefficient (Wildman–Crippen LogP) is 2.59. The van der Waals surface area contributed by atoms with Gasteiger partial charge >= 0.3 is 0 Å². The van der Waals surface area contributed by atoms with Crippen LogP contribution < -0.4 is 10.5 Å². The van der Waals surface area contributed by atoms with E-state index in [2.05, 4.69) is 4.98 Å². The maximum atomic E-state index is 5.58. The topological polar surface area (TPSA) is 61.3 Å². The van der Waals surface area contributed by atoms with Crippen molar-refractivity contribution in [1.29, 1.82) is 0 Å². The predicted molar refractivity (Wildman–Crippen MR) is 65.6 cm³/mol. The standard InChI is InChI=1S/C13H16N2O2/c1-9(2)16-12-5-10(7-15-8-12)13-4-3-11(6-14)17-13/h3-5,7-9H,6,14H2,1-2H3. The fourth-order valence-electron chi connectivity index (χ4n) is 1.53. The van der Waals surface area contributed by atoms with Gasteiger partial charge in [0.2, 0.25) is 0 Å². The highest BCUT2D eigenvalue weighted by molar-refractivity contribution is 5.58. The first-order valence-electron chi connectivity index (χ1n) is 5.60. The third kappa shape index (κ3) is 2.85. The van der Waals surface area contributed by atoms with Crippen molar-refractivity contribution in [2.45, 2.75) is 26.5 Å². The number of nitrogens with zero attached hydrogens (tertiary/aromatic N) is 1. The third-order valence-electron chi connectivity index (χ3n) is 2.23. The molecule has 0 aromatic carbocycles. The average molecular weight is 232 g/mol. The van der Waals surface area contributed by atoms with E-state index >= 15 is 0 Å². The Morgan fingerprint density at radius 1 is 1.35 bits per heavy atom. The minimum Gasteiger partial charge on any atom is -0.489 e. The summed E-state index contributed by atoms with van der Waals surface area (Å²) in [6, 6.07) is 5.66. The summed E-state index contributed by atoms with van der Waals surface area (Å²) in [7, 11) is 0. The van der Waals surface area contributed by atoms with Crippen LogP contribution in [-0.2, 0) is 6.54 Å². The average Bonchev–Trinajstić information content (AvgIpc) is 2.77. The molecular formula is C13H16N2O2. The number of ether oxygens (including phenoxy) is 1. The van der Waals surface area contributed by atoms with Crippen LogP contribution in [0.15, 0.2) is 35.0 Å². The van der Waals surface area contributed by atoms with Gasteiger partial charge in [0.25, 0.3) is 0 Å². The maximum Gasteiger partial charge on any atom is 0.138 e. The molecule has 4 nitrogen and oxygen atoms in total. The lowest BCUT2D eigenvalue weighted by molar-refractivity contribution is 0.241. The van der Waals surface area contributed by atoms with Crippen molar-refractivity contribution >= 4 is 0 Å². The minimum absolute atomic E-state index is 0.128. The molecule has 0 saturated heterocycles. The van der Waals surface area contributed by atoms with Crippen LogP contribution in [0, 0.1) is 0 Å². The Balaban J connectivity index is 2.26. The van der Waals surface area contributed by atoms with Gasteiger partial charge in [-0.25, -0.2) is 0 Å². The lowest BCUT2D eigenvalue weighted by Gasteiger charge is -2.09. The largest absolute Gasteiger partial charge is 0.489 e. The van der Waals surface area contributed by atoms with E-state index in [1.165, 1.54) is 0 Å². The second kappa shape index (κ2) is 5.01. The Hall–Kier alpha value is -1.81. The molecule has 0 spiro atoms. The van der Waals surface area contributed by atoms with Crippen molar-refractivity contribution in [3.8, 4) is 17.1 Å². The first-order valence-corrected chi connectivity index (χ1v) is 5.60. The smallest absolute Gasteiger partial charge is 0.138 e. The van der Waals surface area contributed by atoms with Gasteiger partial charge < -0.3 is 14.9 Å². The second-order valence-corrected chi connectivity index (χ2v) is 4.05. The van der Waals surface area contributed by atoms with Crippen LogP contribution >= 0.6 is 0 Å². The fraction of sp³-hybridized carbons (Fsp3) is 0.308. The van der Waals surface area contributed by atoms with Crippen LogP contribution in [0.25, 0.3) is 11.3 Å². The van der Waals surface area contributed by atoms with Crippen LogP contribution in [0.4, 0.5) is 0 Å². The van der Waals surface area contributed by atoms with Crippen LogP contribution in [0.5, 0.6) is 5.75 Å². The summed E-state index contributed by atoms with van der Waals surface area (Å²) in [4.78, 5) is 4.13. The molecule has 0 amide bonds. The van der Waals surface area contributed by atoms with Gasteiger partial charge in [0.1, 0.15) is 17.3 Å². The summed E-state index contributed by atoms with van der Waals surface area (Å²) in [6.07, 6.45) is 3.56.